The van der Waals surface area contributed by atoms with Gasteiger partial charge in [-0.3, -0.25) is 5.84 Å². The highest BCUT2D eigenvalue weighted by molar-refractivity contribution is 5.37. The van der Waals surface area contributed by atoms with Gasteiger partial charge in [-0.2, -0.15) is 0 Å². The lowest BCUT2D eigenvalue weighted by molar-refractivity contribution is 0.385. The van der Waals surface area contributed by atoms with Gasteiger partial charge in [0.2, 0.25) is 0 Å². The summed E-state index contributed by atoms with van der Waals surface area (Å²) in [5.74, 6) is 5.46. The molecule has 2 rings (SSSR count). The zero-order valence-electron chi connectivity index (χ0n) is 11.7. The van der Waals surface area contributed by atoms with Crippen LogP contribution in [0.5, 0.6) is 5.75 Å². The van der Waals surface area contributed by atoms with E-state index in [1.165, 1.54) is 18.7 Å². The second-order valence-corrected chi connectivity index (χ2v) is 4.59. The van der Waals surface area contributed by atoms with Gasteiger partial charge in [-0.1, -0.05) is 37.3 Å². The third-order valence-corrected chi connectivity index (χ3v) is 3.40. The van der Waals surface area contributed by atoms with Crippen LogP contribution in [0.4, 0.5) is 4.39 Å². The molecule has 4 heteroatoms. The molecule has 0 bridgehead atoms. The molecule has 106 valence electrons. The molecule has 0 aliphatic heterocycles. The topological polar surface area (TPSA) is 47.3 Å². The summed E-state index contributed by atoms with van der Waals surface area (Å²) in [6.07, 6.45) is 0.984. The fourth-order valence-corrected chi connectivity index (χ4v) is 2.19. The number of methoxy groups -OCH3 is 1. The summed E-state index contributed by atoms with van der Waals surface area (Å²) in [6.45, 7) is 2.10. The number of ether oxygens (including phenoxy) is 1. The fraction of sp³-hybridized carbons (Fsp3) is 0.250. The van der Waals surface area contributed by atoms with Crippen LogP contribution in [-0.2, 0) is 6.42 Å². The Kier molecular flexibility index (Phi) is 4.71. The highest BCUT2D eigenvalue weighted by atomic mass is 19.1. The first-order valence-corrected chi connectivity index (χ1v) is 6.58. The Balaban J connectivity index is 2.33. The monoisotopic (exact) mass is 274 g/mol. The van der Waals surface area contributed by atoms with E-state index < -0.39 is 5.82 Å². The van der Waals surface area contributed by atoms with Gasteiger partial charge >= 0.3 is 0 Å². The standard InChI is InChI=1S/C16H19FN2O/c1-3-11-4-6-12(7-5-11)16(19-18)13-8-9-15(20-2)14(17)10-13/h4-10,16,19H,3,18H2,1-2H3. The third kappa shape index (κ3) is 2.98. The summed E-state index contributed by atoms with van der Waals surface area (Å²) in [6, 6.07) is 12.7. The van der Waals surface area contributed by atoms with E-state index >= 15 is 0 Å². The van der Waals surface area contributed by atoms with E-state index in [0.717, 1.165) is 17.5 Å². The predicted molar refractivity (Wildman–Crippen MR) is 77.9 cm³/mol. The van der Waals surface area contributed by atoms with E-state index in [1.807, 2.05) is 12.1 Å². The molecule has 0 aromatic heterocycles. The van der Waals surface area contributed by atoms with Crippen LogP contribution >= 0.6 is 0 Å². The molecule has 3 nitrogen and oxygen atoms in total. The quantitative estimate of drug-likeness (QED) is 0.651. The Morgan fingerprint density at radius 3 is 2.30 bits per heavy atom. The molecule has 1 atom stereocenters. The van der Waals surface area contributed by atoms with Crippen LogP contribution < -0.4 is 16.0 Å². The van der Waals surface area contributed by atoms with Crippen molar-refractivity contribution in [1.82, 2.24) is 5.43 Å². The molecule has 2 aromatic carbocycles. The van der Waals surface area contributed by atoms with Gasteiger partial charge in [0.25, 0.3) is 0 Å². The van der Waals surface area contributed by atoms with Gasteiger partial charge in [0.15, 0.2) is 11.6 Å². The van der Waals surface area contributed by atoms with Crippen LogP contribution in [0.1, 0.15) is 29.7 Å². The average molecular weight is 274 g/mol. The number of hydrogen-bond acceptors (Lipinski definition) is 3. The molecule has 0 amide bonds. The number of hydrazine groups is 1. The van der Waals surface area contributed by atoms with Crippen molar-refractivity contribution in [2.75, 3.05) is 7.11 Å². The van der Waals surface area contributed by atoms with Gasteiger partial charge in [-0.05, 0) is 35.2 Å². The number of aryl methyl sites for hydroxylation is 1. The minimum absolute atomic E-state index is 0.228. The summed E-state index contributed by atoms with van der Waals surface area (Å²) < 4.78 is 18.7. The van der Waals surface area contributed by atoms with E-state index in [1.54, 1.807) is 12.1 Å². The molecular weight excluding hydrogens is 255 g/mol. The summed E-state index contributed by atoms with van der Waals surface area (Å²) in [5, 5.41) is 0. The van der Waals surface area contributed by atoms with Crippen molar-refractivity contribution >= 4 is 0 Å². The number of nitrogens with one attached hydrogen (secondary N) is 1. The number of benzene rings is 2. The second-order valence-electron chi connectivity index (χ2n) is 4.59. The maximum absolute atomic E-state index is 13.8. The molecule has 0 saturated carbocycles. The Hall–Kier alpha value is -1.91. The lowest BCUT2D eigenvalue weighted by Gasteiger charge is -2.18. The van der Waals surface area contributed by atoms with Crippen LogP contribution in [0, 0.1) is 5.82 Å². The van der Waals surface area contributed by atoms with Gasteiger partial charge in [0, 0.05) is 0 Å². The summed E-state index contributed by atoms with van der Waals surface area (Å²) in [7, 11) is 1.44. The molecule has 2 aromatic rings. The third-order valence-electron chi connectivity index (χ3n) is 3.40. The highest BCUT2D eigenvalue weighted by Gasteiger charge is 2.14. The molecular formula is C16H19FN2O. The number of halogens is 1. The van der Waals surface area contributed by atoms with Crippen molar-refractivity contribution in [3.05, 3.63) is 65.0 Å². The van der Waals surface area contributed by atoms with Crippen molar-refractivity contribution in [3.63, 3.8) is 0 Å². The van der Waals surface area contributed by atoms with E-state index in [9.17, 15) is 4.39 Å². The molecule has 0 heterocycles. The fourth-order valence-electron chi connectivity index (χ4n) is 2.19. The lowest BCUT2D eigenvalue weighted by atomic mass is 9.97. The van der Waals surface area contributed by atoms with E-state index in [0.29, 0.717) is 0 Å². The second kappa shape index (κ2) is 6.50. The largest absolute Gasteiger partial charge is 0.494 e. The van der Waals surface area contributed by atoms with E-state index in [4.69, 9.17) is 10.6 Å². The van der Waals surface area contributed by atoms with Crippen molar-refractivity contribution in [1.29, 1.82) is 0 Å². The zero-order valence-corrected chi connectivity index (χ0v) is 11.7. The van der Waals surface area contributed by atoms with Crippen molar-refractivity contribution in [3.8, 4) is 5.75 Å². The lowest BCUT2D eigenvalue weighted by Crippen LogP contribution is -2.28. The van der Waals surface area contributed by atoms with Gasteiger partial charge in [-0.25, -0.2) is 9.82 Å². The summed E-state index contributed by atoms with van der Waals surface area (Å²) >= 11 is 0. The first-order chi connectivity index (χ1) is 9.69. The van der Waals surface area contributed by atoms with Crippen LogP contribution in [-0.4, -0.2) is 7.11 Å². The molecule has 0 aliphatic carbocycles. The van der Waals surface area contributed by atoms with Crippen molar-refractivity contribution in [2.45, 2.75) is 19.4 Å². The first-order valence-electron chi connectivity index (χ1n) is 6.58. The minimum atomic E-state index is -0.393. The molecule has 3 N–H and O–H groups in total. The van der Waals surface area contributed by atoms with Crippen molar-refractivity contribution < 1.29 is 9.13 Å². The molecule has 0 aliphatic rings. The Bertz CT molecular complexity index is 569. The smallest absolute Gasteiger partial charge is 0.165 e. The molecule has 0 saturated heterocycles. The maximum atomic E-state index is 13.8. The molecule has 1 unspecified atom stereocenters. The predicted octanol–water partition coefficient (Wildman–Crippen LogP) is 2.95. The Morgan fingerprint density at radius 1 is 1.15 bits per heavy atom. The van der Waals surface area contributed by atoms with Crippen LogP contribution in [0.25, 0.3) is 0 Å². The van der Waals surface area contributed by atoms with E-state index in [2.05, 4.69) is 24.5 Å². The van der Waals surface area contributed by atoms with Gasteiger partial charge in [-0.15, -0.1) is 0 Å². The van der Waals surface area contributed by atoms with Crippen LogP contribution in [0.3, 0.4) is 0 Å². The van der Waals surface area contributed by atoms with Crippen LogP contribution in [0.2, 0.25) is 0 Å². The number of hydrogen-bond donors (Lipinski definition) is 2. The van der Waals surface area contributed by atoms with Crippen LogP contribution in [0.15, 0.2) is 42.5 Å². The molecule has 20 heavy (non-hydrogen) atoms. The summed E-state index contributed by atoms with van der Waals surface area (Å²) in [5.41, 5.74) is 5.74. The SMILES string of the molecule is CCc1ccc(C(NN)c2ccc(OC)c(F)c2)cc1. The molecule has 0 radical (unpaired) electrons. The Morgan fingerprint density at radius 2 is 1.80 bits per heavy atom. The normalized spacial score (nSPS) is 12.2. The van der Waals surface area contributed by atoms with Gasteiger partial charge < -0.3 is 4.74 Å². The number of rotatable bonds is 5. The van der Waals surface area contributed by atoms with Gasteiger partial charge in [0.05, 0.1) is 13.2 Å². The highest BCUT2D eigenvalue weighted by Crippen LogP contribution is 2.26. The Labute approximate surface area is 118 Å². The van der Waals surface area contributed by atoms with Crippen molar-refractivity contribution in [2.24, 2.45) is 5.84 Å². The first kappa shape index (κ1) is 14.5. The minimum Gasteiger partial charge on any atom is -0.494 e. The number of nitrogens with two attached hydrogens (primary N) is 1. The summed E-state index contributed by atoms with van der Waals surface area (Å²) in [4.78, 5) is 0. The van der Waals surface area contributed by atoms with E-state index in [-0.39, 0.29) is 11.8 Å². The zero-order chi connectivity index (χ0) is 14.5. The molecule has 0 spiro atoms. The van der Waals surface area contributed by atoms with Gasteiger partial charge in [0.1, 0.15) is 0 Å². The molecule has 0 fully saturated rings. The maximum Gasteiger partial charge on any atom is 0.165 e. The average Bonchev–Trinajstić information content (AvgIpc) is 2.49.